The number of amides is 1. The average Bonchev–Trinajstić information content (AvgIpc) is 3.14. The highest BCUT2D eigenvalue weighted by molar-refractivity contribution is 5.78. The summed E-state index contributed by atoms with van der Waals surface area (Å²) in [5, 5.41) is 0. The Morgan fingerprint density at radius 2 is 1.57 bits per heavy atom. The molecule has 5 rings (SSSR count). The van der Waals surface area contributed by atoms with Gasteiger partial charge in [-0.3, -0.25) is 4.90 Å². The first-order valence-electron chi connectivity index (χ1n) is 9.98. The van der Waals surface area contributed by atoms with Gasteiger partial charge in [0.05, 0.1) is 12.6 Å². The molecule has 0 N–H and O–H groups in total. The van der Waals surface area contributed by atoms with Crippen molar-refractivity contribution in [2.45, 2.75) is 6.04 Å². The van der Waals surface area contributed by atoms with E-state index in [0.717, 1.165) is 13.1 Å². The zero-order valence-corrected chi connectivity index (χ0v) is 16.4. The van der Waals surface area contributed by atoms with Gasteiger partial charge in [0.15, 0.2) is 0 Å². The third kappa shape index (κ3) is 3.10. The van der Waals surface area contributed by atoms with Crippen molar-refractivity contribution in [3.8, 4) is 17.0 Å². The Kier molecular flexibility index (Phi) is 4.66. The van der Waals surface area contributed by atoms with E-state index >= 15 is 0 Å². The molecular weight excluding hydrogens is 376 g/mol. The number of pyridine rings is 1. The first kappa shape index (κ1) is 18.3. The molecule has 0 radical (unpaired) electrons. The van der Waals surface area contributed by atoms with E-state index < -0.39 is 6.09 Å². The number of benzene rings is 2. The Bertz CT molecular complexity index is 1100. The van der Waals surface area contributed by atoms with Gasteiger partial charge in [-0.15, -0.1) is 0 Å². The van der Waals surface area contributed by atoms with Crippen molar-refractivity contribution in [2.24, 2.45) is 0 Å². The van der Waals surface area contributed by atoms with Crippen LogP contribution in [0.2, 0.25) is 0 Å². The number of fused-ring (bicyclic) bond motifs is 3. The van der Waals surface area contributed by atoms with Gasteiger partial charge in [0.2, 0.25) is 11.6 Å². The van der Waals surface area contributed by atoms with E-state index in [9.17, 15) is 4.79 Å². The number of ether oxygens (including phenoxy) is 1. The SMILES string of the molecule is [C-]#[N+]c1cccnc1OC(=O)N1CCN(C2c3ccccc3-c3ccccc32)CC1. The maximum Gasteiger partial charge on any atom is 0.415 e. The summed E-state index contributed by atoms with van der Waals surface area (Å²) in [5.41, 5.74) is 5.47. The lowest BCUT2D eigenvalue weighted by Gasteiger charge is -2.38. The average molecular weight is 396 g/mol. The van der Waals surface area contributed by atoms with Crippen molar-refractivity contribution in [3.63, 3.8) is 0 Å². The second-order valence-corrected chi connectivity index (χ2v) is 7.41. The number of aromatic nitrogens is 1. The maximum absolute atomic E-state index is 12.6. The first-order valence-corrected chi connectivity index (χ1v) is 9.98. The van der Waals surface area contributed by atoms with Gasteiger partial charge in [0.1, 0.15) is 0 Å². The van der Waals surface area contributed by atoms with Crippen molar-refractivity contribution in [3.05, 3.63) is 89.4 Å². The normalized spacial score (nSPS) is 15.9. The predicted molar refractivity (Wildman–Crippen MR) is 113 cm³/mol. The number of carbonyl (C=O) groups excluding carboxylic acids is 1. The standard InChI is InChI=1S/C24H20N4O2/c1-25-21-11-6-12-26-23(21)30-24(29)28-15-13-27(14-16-28)22-19-9-4-2-7-17(19)18-8-3-5-10-20(18)22/h2-12,22H,13-16H2. The van der Waals surface area contributed by atoms with E-state index in [1.54, 1.807) is 17.0 Å². The molecule has 1 aliphatic carbocycles. The Morgan fingerprint density at radius 3 is 2.20 bits per heavy atom. The van der Waals surface area contributed by atoms with E-state index in [1.165, 1.54) is 28.5 Å². The molecule has 1 aliphatic heterocycles. The molecule has 2 aromatic carbocycles. The molecule has 1 amide bonds. The van der Waals surface area contributed by atoms with Crippen molar-refractivity contribution in [2.75, 3.05) is 26.2 Å². The zero-order valence-electron chi connectivity index (χ0n) is 16.4. The van der Waals surface area contributed by atoms with Gasteiger partial charge in [0, 0.05) is 32.4 Å². The summed E-state index contributed by atoms with van der Waals surface area (Å²) in [5.74, 6) is 0.0681. The highest BCUT2D eigenvalue weighted by atomic mass is 16.6. The van der Waals surface area contributed by atoms with Crippen LogP contribution >= 0.6 is 0 Å². The van der Waals surface area contributed by atoms with E-state index in [1.807, 2.05) is 0 Å². The molecule has 1 aromatic heterocycles. The molecule has 30 heavy (non-hydrogen) atoms. The zero-order chi connectivity index (χ0) is 20.5. The summed E-state index contributed by atoms with van der Waals surface area (Å²) in [6.07, 6.45) is 1.06. The summed E-state index contributed by atoms with van der Waals surface area (Å²) in [6.45, 7) is 9.83. The quantitative estimate of drug-likeness (QED) is 0.598. The third-order valence-electron chi connectivity index (χ3n) is 5.79. The molecule has 0 saturated carbocycles. The van der Waals surface area contributed by atoms with E-state index in [4.69, 9.17) is 11.3 Å². The smallest absolute Gasteiger partial charge is 0.402 e. The molecular formula is C24H20N4O2. The third-order valence-corrected chi connectivity index (χ3v) is 5.79. The fourth-order valence-electron chi connectivity index (χ4n) is 4.38. The molecule has 6 heteroatoms. The summed E-state index contributed by atoms with van der Waals surface area (Å²) in [4.78, 5) is 24.1. The molecule has 0 atom stereocenters. The summed E-state index contributed by atoms with van der Waals surface area (Å²) in [6, 6.07) is 20.6. The number of piperazine rings is 1. The number of hydrogen-bond acceptors (Lipinski definition) is 4. The predicted octanol–water partition coefficient (Wildman–Crippen LogP) is 4.52. The molecule has 0 spiro atoms. The minimum Gasteiger partial charge on any atom is -0.402 e. The van der Waals surface area contributed by atoms with Gasteiger partial charge in [-0.1, -0.05) is 54.6 Å². The fraction of sp³-hybridized carbons (Fsp3) is 0.208. The number of carbonyl (C=O) groups is 1. The van der Waals surface area contributed by atoms with Crippen molar-refractivity contribution in [1.82, 2.24) is 14.8 Å². The monoisotopic (exact) mass is 396 g/mol. The van der Waals surface area contributed by atoms with Gasteiger partial charge < -0.3 is 9.64 Å². The number of rotatable bonds is 2. The maximum atomic E-state index is 12.6. The highest BCUT2D eigenvalue weighted by Crippen LogP contribution is 2.46. The lowest BCUT2D eigenvalue weighted by atomic mass is 10.0. The lowest BCUT2D eigenvalue weighted by Crippen LogP contribution is -2.50. The summed E-state index contributed by atoms with van der Waals surface area (Å²) in [7, 11) is 0. The van der Waals surface area contributed by atoms with Crippen LogP contribution in [0.5, 0.6) is 5.88 Å². The van der Waals surface area contributed by atoms with E-state index in [-0.39, 0.29) is 17.6 Å². The molecule has 2 aliphatic rings. The van der Waals surface area contributed by atoms with Crippen molar-refractivity contribution < 1.29 is 9.53 Å². The fourth-order valence-corrected chi connectivity index (χ4v) is 4.38. The van der Waals surface area contributed by atoms with Crippen molar-refractivity contribution in [1.29, 1.82) is 0 Å². The Labute approximate surface area is 175 Å². The molecule has 3 aromatic rings. The van der Waals surface area contributed by atoms with E-state index in [0.29, 0.717) is 13.1 Å². The van der Waals surface area contributed by atoms with Gasteiger partial charge in [0.25, 0.3) is 0 Å². The van der Waals surface area contributed by atoms with Crippen LogP contribution in [0.3, 0.4) is 0 Å². The molecule has 6 nitrogen and oxygen atoms in total. The Balaban J connectivity index is 1.31. The second kappa shape index (κ2) is 7.62. The van der Waals surface area contributed by atoms with Crippen molar-refractivity contribution >= 4 is 11.8 Å². The topological polar surface area (TPSA) is 50.0 Å². The lowest BCUT2D eigenvalue weighted by molar-refractivity contribution is 0.0976. The second-order valence-electron chi connectivity index (χ2n) is 7.41. The van der Waals surface area contributed by atoms with Gasteiger partial charge >= 0.3 is 6.09 Å². The molecule has 1 fully saturated rings. The molecule has 148 valence electrons. The van der Waals surface area contributed by atoms with Crippen LogP contribution in [-0.2, 0) is 0 Å². The van der Waals surface area contributed by atoms with Crippen LogP contribution in [-0.4, -0.2) is 47.1 Å². The first-order chi connectivity index (χ1) is 14.8. The van der Waals surface area contributed by atoms with Crippen LogP contribution in [0.25, 0.3) is 16.0 Å². The molecule has 2 heterocycles. The molecule has 0 unspecified atom stereocenters. The minimum absolute atomic E-state index is 0.0681. The summed E-state index contributed by atoms with van der Waals surface area (Å²) < 4.78 is 5.39. The van der Waals surface area contributed by atoms with E-state index in [2.05, 4.69) is 63.3 Å². The van der Waals surface area contributed by atoms with Gasteiger partial charge in [-0.2, -0.15) is 0 Å². The van der Waals surface area contributed by atoms with Crippen LogP contribution in [0.1, 0.15) is 17.2 Å². The Morgan fingerprint density at radius 1 is 0.933 bits per heavy atom. The molecule has 0 bridgehead atoms. The van der Waals surface area contributed by atoms with Crippen LogP contribution < -0.4 is 4.74 Å². The van der Waals surface area contributed by atoms with Crippen LogP contribution in [0, 0.1) is 6.57 Å². The largest absolute Gasteiger partial charge is 0.415 e. The van der Waals surface area contributed by atoms with Gasteiger partial charge in [-0.05, 0) is 28.3 Å². The number of hydrogen-bond donors (Lipinski definition) is 0. The minimum atomic E-state index is -0.453. The highest BCUT2D eigenvalue weighted by Gasteiger charge is 2.35. The molecule has 1 saturated heterocycles. The van der Waals surface area contributed by atoms with Crippen LogP contribution in [0.15, 0.2) is 66.9 Å². The van der Waals surface area contributed by atoms with Crippen LogP contribution in [0.4, 0.5) is 10.5 Å². The number of nitrogens with zero attached hydrogens (tertiary/aromatic N) is 4. The van der Waals surface area contributed by atoms with Gasteiger partial charge in [-0.25, -0.2) is 14.6 Å². The Hall–Kier alpha value is -3.69. The summed E-state index contributed by atoms with van der Waals surface area (Å²) >= 11 is 0.